The van der Waals surface area contributed by atoms with Gasteiger partial charge in [-0.25, -0.2) is 0 Å². The van der Waals surface area contributed by atoms with Crippen molar-refractivity contribution in [2.75, 3.05) is 0 Å². The third-order valence-electron chi connectivity index (χ3n) is 1.47. The molecule has 0 radical (unpaired) electrons. The van der Waals surface area contributed by atoms with E-state index in [4.69, 9.17) is 23.2 Å². The van der Waals surface area contributed by atoms with Crippen LogP contribution >= 0.6 is 55.1 Å². The van der Waals surface area contributed by atoms with Crippen molar-refractivity contribution >= 4 is 65.5 Å². The van der Waals surface area contributed by atoms with Gasteiger partial charge in [0.25, 0.3) is 10.5 Å². The molecular formula is C8H2Br2Cl2O2. The average Bonchev–Trinajstić information content (AvgIpc) is 2.08. The number of carbonyl (C=O) groups is 2. The molecule has 74 valence electrons. The highest BCUT2D eigenvalue weighted by Gasteiger charge is 2.14. The molecule has 2 nitrogen and oxygen atoms in total. The van der Waals surface area contributed by atoms with E-state index in [1.165, 1.54) is 12.1 Å². The molecule has 0 aliphatic carbocycles. The SMILES string of the molecule is O=C(Cl)c1cc(Br)c(Br)c(C(=O)Cl)c1. The average molecular weight is 361 g/mol. The first-order valence-corrected chi connectivity index (χ1v) is 5.66. The monoisotopic (exact) mass is 358 g/mol. The number of benzene rings is 1. The minimum Gasteiger partial charge on any atom is -0.276 e. The maximum Gasteiger partial charge on any atom is 0.253 e. The van der Waals surface area contributed by atoms with Gasteiger partial charge in [0, 0.05) is 14.5 Å². The summed E-state index contributed by atoms with van der Waals surface area (Å²) in [5, 5.41) is -1.30. The summed E-state index contributed by atoms with van der Waals surface area (Å²) in [5.74, 6) is 0. The van der Waals surface area contributed by atoms with Crippen molar-refractivity contribution in [1.82, 2.24) is 0 Å². The Morgan fingerprint density at radius 1 is 1.07 bits per heavy atom. The van der Waals surface area contributed by atoms with E-state index in [2.05, 4.69) is 31.9 Å². The normalized spacial score (nSPS) is 10.0. The van der Waals surface area contributed by atoms with Crippen molar-refractivity contribution in [3.05, 3.63) is 32.2 Å². The van der Waals surface area contributed by atoms with Crippen LogP contribution in [0, 0.1) is 0 Å². The summed E-state index contributed by atoms with van der Waals surface area (Å²) in [5.41, 5.74) is 0.413. The van der Waals surface area contributed by atoms with E-state index in [9.17, 15) is 9.59 Å². The summed E-state index contributed by atoms with van der Waals surface area (Å²) in [7, 11) is 0. The molecule has 1 aromatic rings. The first-order valence-electron chi connectivity index (χ1n) is 3.32. The Morgan fingerprint density at radius 3 is 2.07 bits per heavy atom. The van der Waals surface area contributed by atoms with Gasteiger partial charge in [-0.05, 0) is 67.2 Å². The van der Waals surface area contributed by atoms with Gasteiger partial charge in [-0.15, -0.1) is 0 Å². The van der Waals surface area contributed by atoms with Crippen molar-refractivity contribution in [3.63, 3.8) is 0 Å². The second-order valence-corrected chi connectivity index (χ2v) is 4.70. The lowest BCUT2D eigenvalue weighted by molar-refractivity contribution is 0.107. The largest absolute Gasteiger partial charge is 0.276 e. The number of hydrogen-bond acceptors (Lipinski definition) is 2. The maximum atomic E-state index is 11.0. The zero-order valence-corrected chi connectivity index (χ0v) is 11.2. The predicted octanol–water partition coefficient (Wildman–Crippen LogP) is 3.97. The van der Waals surface area contributed by atoms with Gasteiger partial charge >= 0.3 is 0 Å². The highest BCUT2D eigenvalue weighted by atomic mass is 79.9. The molecule has 0 aliphatic heterocycles. The Hall–Kier alpha value is 0.1000. The molecule has 0 aromatic heterocycles. The Morgan fingerprint density at radius 2 is 1.64 bits per heavy atom. The fourth-order valence-corrected chi connectivity index (χ4v) is 2.09. The summed E-state index contributed by atoms with van der Waals surface area (Å²) in [6.07, 6.45) is 0. The van der Waals surface area contributed by atoms with Gasteiger partial charge < -0.3 is 0 Å². The minimum absolute atomic E-state index is 0.199. The lowest BCUT2D eigenvalue weighted by Gasteiger charge is -2.03. The first kappa shape index (κ1) is 12.2. The summed E-state index contributed by atoms with van der Waals surface area (Å²) >= 11 is 16.9. The van der Waals surface area contributed by atoms with E-state index < -0.39 is 10.5 Å². The fraction of sp³-hybridized carbons (Fsp3) is 0. The molecule has 14 heavy (non-hydrogen) atoms. The number of rotatable bonds is 2. The molecule has 0 saturated carbocycles. The summed E-state index contributed by atoms with van der Waals surface area (Å²) in [4.78, 5) is 21.8. The van der Waals surface area contributed by atoms with Crippen molar-refractivity contribution in [3.8, 4) is 0 Å². The predicted molar refractivity (Wildman–Crippen MR) is 62.2 cm³/mol. The first-order chi connectivity index (χ1) is 6.43. The molecule has 0 aliphatic rings. The summed E-state index contributed by atoms with van der Waals surface area (Å²) in [6, 6.07) is 2.84. The second kappa shape index (κ2) is 4.75. The quantitative estimate of drug-likeness (QED) is 0.748. The Labute approximate surface area is 107 Å². The van der Waals surface area contributed by atoms with Gasteiger partial charge in [0.15, 0.2) is 0 Å². The van der Waals surface area contributed by atoms with Crippen LogP contribution in [0.3, 0.4) is 0 Å². The van der Waals surface area contributed by atoms with Crippen LogP contribution in [-0.4, -0.2) is 10.5 Å². The summed E-state index contributed by atoms with van der Waals surface area (Å²) in [6.45, 7) is 0. The Balaban J connectivity index is 3.43. The van der Waals surface area contributed by atoms with Gasteiger partial charge in [0.1, 0.15) is 0 Å². The number of carbonyl (C=O) groups excluding carboxylic acids is 2. The highest BCUT2D eigenvalue weighted by molar-refractivity contribution is 9.13. The van der Waals surface area contributed by atoms with E-state index in [1.54, 1.807) is 0 Å². The molecule has 0 atom stereocenters. The summed E-state index contributed by atoms with van der Waals surface area (Å²) < 4.78 is 1.05. The third kappa shape index (κ3) is 2.57. The molecule has 0 heterocycles. The van der Waals surface area contributed by atoms with Crippen molar-refractivity contribution in [2.24, 2.45) is 0 Å². The van der Waals surface area contributed by atoms with Crippen LogP contribution < -0.4 is 0 Å². The van der Waals surface area contributed by atoms with Crippen LogP contribution in [0.15, 0.2) is 21.1 Å². The molecule has 0 N–H and O–H groups in total. The molecule has 1 rings (SSSR count). The van der Waals surface area contributed by atoms with Gasteiger partial charge in [0.05, 0.1) is 5.56 Å². The van der Waals surface area contributed by atoms with Gasteiger partial charge in [-0.2, -0.15) is 0 Å². The third-order valence-corrected chi connectivity index (χ3v) is 3.90. The molecule has 0 saturated heterocycles. The standard InChI is InChI=1S/C8H2Br2Cl2O2/c9-5-2-3(7(11)13)1-4(6(5)10)8(12)14/h1-2H. The second-order valence-electron chi connectivity index (χ2n) is 2.37. The molecule has 0 amide bonds. The van der Waals surface area contributed by atoms with E-state index in [0.717, 1.165) is 0 Å². The zero-order chi connectivity index (χ0) is 10.9. The van der Waals surface area contributed by atoms with Gasteiger partial charge in [0.2, 0.25) is 0 Å². The molecular weight excluding hydrogens is 359 g/mol. The number of hydrogen-bond donors (Lipinski definition) is 0. The van der Waals surface area contributed by atoms with Gasteiger partial charge in [-0.3, -0.25) is 9.59 Å². The molecule has 0 fully saturated rings. The van der Waals surface area contributed by atoms with Crippen molar-refractivity contribution in [1.29, 1.82) is 0 Å². The Kier molecular flexibility index (Phi) is 4.13. The minimum atomic E-state index is -0.655. The van der Waals surface area contributed by atoms with E-state index in [0.29, 0.717) is 8.95 Å². The van der Waals surface area contributed by atoms with Gasteiger partial charge in [-0.1, -0.05) is 0 Å². The van der Waals surface area contributed by atoms with E-state index in [-0.39, 0.29) is 11.1 Å². The molecule has 1 aromatic carbocycles. The molecule has 0 unspecified atom stereocenters. The van der Waals surface area contributed by atoms with Crippen LogP contribution in [0.25, 0.3) is 0 Å². The lowest BCUT2D eigenvalue weighted by Crippen LogP contribution is -1.97. The van der Waals surface area contributed by atoms with Crippen LogP contribution in [0.2, 0.25) is 0 Å². The topological polar surface area (TPSA) is 34.1 Å². The molecule has 0 spiro atoms. The van der Waals surface area contributed by atoms with E-state index >= 15 is 0 Å². The smallest absolute Gasteiger partial charge is 0.253 e. The maximum absolute atomic E-state index is 11.0. The lowest BCUT2D eigenvalue weighted by atomic mass is 10.1. The molecule has 0 bridgehead atoms. The van der Waals surface area contributed by atoms with Crippen LogP contribution in [-0.2, 0) is 0 Å². The van der Waals surface area contributed by atoms with Crippen LogP contribution in [0.1, 0.15) is 20.7 Å². The number of halogens is 4. The molecule has 6 heteroatoms. The highest BCUT2D eigenvalue weighted by Crippen LogP contribution is 2.30. The Bertz CT molecular complexity index is 418. The fourth-order valence-electron chi connectivity index (χ4n) is 0.846. The van der Waals surface area contributed by atoms with Crippen LogP contribution in [0.5, 0.6) is 0 Å². The van der Waals surface area contributed by atoms with Crippen molar-refractivity contribution < 1.29 is 9.59 Å². The van der Waals surface area contributed by atoms with E-state index in [1.807, 2.05) is 0 Å². The van der Waals surface area contributed by atoms with Crippen molar-refractivity contribution in [2.45, 2.75) is 0 Å². The zero-order valence-electron chi connectivity index (χ0n) is 6.48. The van der Waals surface area contributed by atoms with Crippen LogP contribution in [0.4, 0.5) is 0 Å².